The van der Waals surface area contributed by atoms with Crippen LogP contribution in [0, 0.1) is 6.92 Å². The number of carbonyl (C=O) groups excluding carboxylic acids is 2. The molecule has 0 aliphatic heterocycles. The molecule has 0 saturated carbocycles. The van der Waals surface area contributed by atoms with Gasteiger partial charge in [-0.1, -0.05) is 48.5 Å². The van der Waals surface area contributed by atoms with Crippen LogP contribution in [0.2, 0.25) is 0 Å². The predicted molar refractivity (Wildman–Crippen MR) is 86.4 cm³/mol. The summed E-state index contributed by atoms with van der Waals surface area (Å²) in [5, 5.41) is 5.60. The minimum atomic E-state index is -0.144. The van der Waals surface area contributed by atoms with Crippen molar-refractivity contribution in [2.75, 3.05) is 6.54 Å². The van der Waals surface area contributed by atoms with Crippen molar-refractivity contribution in [3.05, 3.63) is 71.3 Å². The third-order valence-electron chi connectivity index (χ3n) is 3.36. The maximum atomic E-state index is 12.0. The van der Waals surface area contributed by atoms with Crippen LogP contribution in [0.15, 0.2) is 54.6 Å². The molecule has 4 nitrogen and oxygen atoms in total. The number of rotatable bonds is 6. The monoisotopic (exact) mass is 296 g/mol. The number of carbonyl (C=O) groups is 2. The topological polar surface area (TPSA) is 58.2 Å². The van der Waals surface area contributed by atoms with E-state index in [1.165, 1.54) is 0 Å². The first-order valence-corrected chi connectivity index (χ1v) is 7.31. The summed E-state index contributed by atoms with van der Waals surface area (Å²) in [4.78, 5) is 23.7. The van der Waals surface area contributed by atoms with E-state index in [0.29, 0.717) is 18.7 Å². The summed E-state index contributed by atoms with van der Waals surface area (Å²) in [7, 11) is 0. The van der Waals surface area contributed by atoms with Crippen LogP contribution in [0.4, 0.5) is 0 Å². The first-order valence-electron chi connectivity index (χ1n) is 7.31. The molecule has 2 aromatic rings. The van der Waals surface area contributed by atoms with Crippen molar-refractivity contribution in [2.45, 2.75) is 19.9 Å². The summed E-state index contributed by atoms with van der Waals surface area (Å²) in [5.74, 6) is -0.220. The zero-order valence-electron chi connectivity index (χ0n) is 12.6. The second kappa shape index (κ2) is 7.98. The van der Waals surface area contributed by atoms with Gasteiger partial charge >= 0.3 is 0 Å². The number of amides is 2. The lowest BCUT2D eigenvalue weighted by molar-refractivity contribution is -0.121. The van der Waals surface area contributed by atoms with Crippen molar-refractivity contribution in [1.29, 1.82) is 0 Å². The van der Waals surface area contributed by atoms with Gasteiger partial charge in [-0.2, -0.15) is 0 Å². The summed E-state index contributed by atoms with van der Waals surface area (Å²) in [5.41, 5.74) is 2.63. The van der Waals surface area contributed by atoms with Crippen LogP contribution >= 0.6 is 0 Å². The molecule has 0 radical (unpaired) electrons. The summed E-state index contributed by atoms with van der Waals surface area (Å²) in [6, 6.07) is 17.1. The Labute approximate surface area is 130 Å². The molecule has 0 fully saturated rings. The molecule has 2 aromatic carbocycles. The zero-order chi connectivity index (χ0) is 15.8. The standard InChI is InChI=1S/C18H20N2O2/c1-14-7-5-6-10-16(14)18(22)19-12-11-17(21)20-13-15-8-3-2-4-9-15/h2-10H,11-13H2,1H3,(H,19,22)(H,20,21). The van der Waals surface area contributed by atoms with Gasteiger partial charge in [0.25, 0.3) is 5.91 Å². The normalized spacial score (nSPS) is 10.0. The van der Waals surface area contributed by atoms with E-state index in [1.54, 1.807) is 6.07 Å². The van der Waals surface area contributed by atoms with E-state index in [-0.39, 0.29) is 18.2 Å². The van der Waals surface area contributed by atoms with Gasteiger partial charge in [0.05, 0.1) is 0 Å². The summed E-state index contributed by atoms with van der Waals surface area (Å²) >= 11 is 0. The molecule has 0 aliphatic rings. The molecule has 0 saturated heterocycles. The molecule has 0 aliphatic carbocycles. The van der Waals surface area contributed by atoms with Crippen LogP contribution in [0.1, 0.15) is 27.9 Å². The maximum Gasteiger partial charge on any atom is 0.251 e. The maximum absolute atomic E-state index is 12.0. The molecule has 0 heterocycles. The lowest BCUT2D eigenvalue weighted by Gasteiger charge is -2.08. The van der Waals surface area contributed by atoms with Crippen molar-refractivity contribution in [3.63, 3.8) is 0 Å². The Balaban J connectivity index is 1.71. The Kier molecular flexibility index (Phi) is 5.72. The summed E-state index contributed by atoms with van der Waals surface area (Å²) in [6.45, 7) is 2.72. The highest BCUT2D eigenvalue weighted by molar-refractivity contribution is 5.95. The fourth-order valence-electron chi connectivity index (χ4n) is 2.10. The van der Waals surface area contributed by atoms with Crippen LogP contribution in [0.5, 0.6) is 0 Å². The fraction of sp³-hybridized carbons (Fsp3) is 0.222. The summed E-state index contributed by atoms with van der Waals surface area (Å²) in [6.07, 6.45) is 0.268. The Morgan fingerprint density at radius 3 is 2.32 bits per heavy atom. The molecule has 2 N–H and O–H groups in total. The second-order valence-corrected chi connectivity index (χ2v) is 5.08. The minimum Gasteiger partial charge on any atom is -0.352 e. The minimum absolute atomic E-state index is 0.0751. The predicted octanol–water partition coefficient (Wildman–Crippen LogP) is 2.43. The fourth-order valence-corrected chi connectivity index (χ4v) is 2.10. The van der Waals surface area contributed by atoms with Crippen molar-refractivity contribution in [3.8, 4) is 0 Å². The highest BCUT2D eigenvalue weighted by Gasteiger charge is 2.08. The molecule has 22 heavy (non-hydrogen) atoms. The molecule has 2 rings (SSSR count). The quantitative estimate of drug-likeness (QED) is 0.860. The second-order valence-electron chi connectivity index (χ2n) is 5.08. The van der Waals surface area contributed by atoms with E-state index in [1.807, 2.05) is 55.5 Å². The van der Waals surface area contributed by atoms with E-state index in [9.17, 15) is 9.59 Å². The van der Waals surface area contributed by atoms with E-state index in [2.05, 4.69) is 10.6 Å². The first-order chi connectivity index (χ1) is 10.7. The van der Waals surface area contributed by atoms with Crippen LogP contribution in [0.25, 0.3) is 0 Å². The van der Waals surface area contributed by atoms with Crippen LogP contribution in [-0.2, 0) is 11.3 Å². The molecule has 0 spiro atoms. The number of aryl methyl sites for hydroxylation is 1. The smallest absolute Gasteiger partial charge is 0.251 e. The van der Waals surface area contributed by atoms with E-state index in [4.69, 9.17) is 0 Å². The van der Waals surface area contributed by atoms with Gasteiger partial charge in [-0.3, -0.25) is 9.59 Å². The molecule has 4 heteroatoms. The van der Waals surface area contributed by atoms with Gasteiger partial charge in [-0.25, -0.2) is 0 Å². The Hall–Kier alpha value is -2.62. The van der Waals surface area contributed by atoms with Gasteiger partial charge < -0.3 is 10.6 Å². The third kappa shape index (κ3) is 4.74. The molecule has 0 atom stereocenters. The lowest BCUT2D eigenvalue weighted by Crippen LogP contribution is -2.30. The SMILES string of the molecule is Cc1ccccc1C(=O)NCCC(=O)NCc1ccccc1. The Bertz CT molecular complexity index is 639. The molecule has 2 amide bonds. The van der Waals surface area contributed by atoms with Gasteiger partial charge in [-0.05, 0) is 24.1 Å². The van der Waals surface area contributed by atoms with Crippen molar-refractivity contribution >= 4 is 11.8 Å². The van der Waals surface area contributed by atoms with Crippen molar-refractivity contribution in [2.24, 2.45) is 0 Å². The van der Waals surface area contributed by atoms with Crippen molar-refractivity contribution < 1.29 is 9.59 Å². The number of hydrogen-bond donors (Lipinski definition) is 2. The van der Waals surface area contributed by atoms with Gasteiger partial charge in [-0.15, -0.1) is 0 Å². The molecular formula is C18H20N2O2. The highest BCUT2D eigenvalue weighted by Crippen LogP contribution is 2.06. The lowest BCUT2D eigenvalue weighted by atomic mass is 10.1. The van der Waals surface area contributed by atoms with Gasteiger partial charge in [0, 0.05) is 25.1 Å². The van der Waals surface area contributed by atoms with Crippen molar-refractivity contribution in [1.82, 2.24) is 10.6 Å². The Morgan fingerprint density at radius 1 is 0.909 bits per heavy atom. The number of hydrogen-bond acceptors (Lipinski definition) is 2. The average molecular weight is 296 g/mol. The molecule has 114 valence electrons. The van der Waals surface area contributed by atoms with E-state index >= 15 is 0 Å². The average Bonchev–Trinajstić information content (AvgIpc) is 2.54. The largest absolute Gasteiger partial charge is 0.352 e. The Morgan fingerprint density at radius 2 is 1.59 bits per heavy atom. The molecule has 0 bridgehead atoms. The van der Waals surface area contributed by atoms with Crippen LogP contribution < -0.4 is 10.6 Å². The molecule has 0 unspecified atom stereocenters. The van der Waals surface area contributed by atoms with Gasteiger partial charge in [0.15, 0.2) is 0 Å². The van der Waals surface area contributed by atoms with Crippen LogP contribution in [0.3, 0.4) is 0 Å². The number of benzene rings is 2. The molecule has 0 aromatic heterocycles. The first kappa shape index (κ1) is 15.8. The van der Waals surface area contributed by atoms with E-state index < -0.39 is 0 Å². The third-order valence-corrected chi connectivity index (χ3v) is 3.36. The van der Waals surface area contributed by atoms with Crippen LogP contribution in [-0.4, -0.2) is 18.4 Å². The zero-order valence-corrected chi connectivity index (χ0v) is 12.6. The number of nitrogens with one attached hydrogen (secondary N) is 2. The molecular weight excluding hydrogens is 276 g/mol. The van der Waals surface area contributed by atoms with E-state index in [0.717, 1.165) is 11.1 Å². The van der Waals surface area contributed by atoms with Gasteiger partial charge in [0.2, 0.25) is 5.91 Å². The summed E-state index contributed by atoms with van der Waals surface area (Å²) < 4.78 is 0. The highest BCUT2D eigenvalue weighted by atomic mass is 16.2. The van der Waals surface area contributed by atoms with Gasteiger partial charge in [0.1, 0.15) is 0 Å².